The monoisotopic (exact) mass is 342 g/mol. The van der Waals surface area contributed by atoms with Crippen molar-refractivity contribution >= 4 is 5.97 Å². The molecule has 0 aliphatic heterocycles. The topological polar surface area (TPSA) is 55.8 Å². The third-order valence-corrected chi connectivity index (χ3v) is 4.51. The van der Waals surface area contributed by atoms with E-state index >= 15 is 0 Å². The molecule has 0 aliphatic rings. The van der Waals surface area contributed by atoms with E-state index in [9.17, 15) is 9.90 Å². The Hall–Kier alpha value is -2.17. The number of ether oxygens (including phenoxy) is 2. The van der Waals surface area contributed by atoms with Gasteiger partial charge in [-0.15, -0.1) is 0 Å². The predicted molar refractivity (Wildman–Crippen MR) is 97.1 cm³/mol. The molecule has 0 spiro atoms. The second-order valence-electron chi connectivity index (χ2n) is 6.22. The van der Waals surface area contributed by atoms with Gasteiger partial charge in [-0.25, -0.2) is 4.79 Å². The standard InChI is InChI=1S/C21H26O4/c1-4-16(2)15-25-21(19(22)20(23)24-3,17-11-7-5-8-12-17)18-13-9-6-10-14-18/h5-14,16,19,22H,4,15H2,1-3H3/t16-,19-/m0/s1. The van der Waals surface area contributed by atoms with E-state index in [4.69, 9.17) is 9.47 Å². The van der Waals surface area contributed by atoms with Crippen molar-refractivity contribution in [3.05, 3.63) is 71.8 Å². The Morgan fingerprint density at radius 2 is 1.52 bits per heavy atom. The molecule has 0 radical (unpaired) electrons. The molecule has 2 aromatic rings. The summed E-state index contributed by atoms with van der Waals surface area (Å²) in [5.74, 6) is -0.437. The van der Waals surface area contributed by atoms with Crippen molar-refractivity contribution in [2.45, 2.75) is 32.0 Å². The number of aliphatic hydroxyl groups excluding tert-OH is 1. The molecule has 4 heteroatoms. The van der Waals surface area contributed by atoms with Crippen molar-refractivity contribution in [3.63, 3.8) is 0 Å². The van der Waals surface area contributed by atoms with Crippen molar-refractivity contribution in [2.24, 2.45) is 5.92 Å². The molecule has 0 unspecified atom stereocenters. The second-order valence-corrected chi connectivity index (χ2v) is 6.22. The minimum Gasteiger partial charge on any atom is -0.467 e. The summed E-state index contributed by atoms with van der Waals surface area (Å²) in [6, 6.07) is 18.7. The fourth-order valence-electron chi connectivity index (χ4n) is 2.77. The molecule has 2 aromatic carbocycles. The number of esters is 1. The van der Waals surface area contributed by atoms with Crippen LogP contribution < -0.4 is 0 Å². The minimum absolute atomic E-state index is 0.289. The lowest BCUT2D eigenvalue weighted by molar-refractivity contribution is -0.172. The first-order valence-electron chi connectivity index (χ1n) is 8.57. The normalized spacial score (nSPS) is 13.9. The third kappa shape index (κ3) is 4.09. The van der Waals surface area contributed by atoms with Crippen molar-refractivity contribution in [2.75, 3.05) is 13.7 Å². The summed E-state index contributed by atoms with van der Waals surface area (Å²) in [6.45, 7) is 4.57. The maximum Gasteiger partial charge on any atom is 0.338 e. The SMILES string of the molecule is CC[C@H](C)COC(c1ccccc1)(c1ccccc1)[C@@H](O)C(=O)OC. The van der Waals surface area contributed by atoms with Gasteiger partial charge in [-0.3, -0.25) is 0 Å². The molecule has 0 aromatic heterocycles. The fraction of sp³-hybridized carbons (Fsp3) is 0.381. The van der Waals surface area contributed by atoms with Crippen LogP contribution in [0.25, 0.3) is 0 Å². The molecule has 0 bridgehead atoms. The zero-order chi connectivity index (χ0) is 18.3. The Morgan fingerprint density at radius 3 is 1.92 bits per heavy atom. The number of hydrogen-bond acceptors (Lipinski definition) is 4. The Labute approximate surface area is 149 Å². The molecule has 0 aliphatic carbocycles. The molecular formula is C21H26O4. The molecule has 2 rings (SSSR count). The summed E-state index contributed by atoms with van der Waals surface area (Å²) in [5, 5.41) is 10.9. The molecule has 0 amide bonds. The first kappa shape index (κ1) is 19.2. The average Bonchev–Trinajstić information content (AvgIpc) is 2.69. The third-order valence-electron chi connectivity index (χ3n) is 4.51. The number of benzene rings is 2. The molecule has 0 saturated heterocycles. The highest BCUT2D eigenvalue weighted by atomic mass is 16.6. The second kappa shape index (κ2) is 8.79. The number of methoxy groups -OCH3 is 1. The maximum absolute atomic E-state index is 12.3. The van der Waals surface area contributed by atoms with Gasteiger partial charge in [0.25, 0.3) is 0 Å². The van der Waals surface area contributed by atoms with Crippen LogP contribution in [0.15, 0.2) is 60.7 Å². The van der Waals surface area contributed by atoms with Gasteiger partial charge in [0.2, 0.25) is 0 Å². The van der Waals surface area contributed by atoms with E-state index in [0.29, 0.717) is 17.7 Å². The van der Waals surface area contributed by atoms with Crippen molar-refractivity contribution < 1.29 is 19.4 Å². The fourth-order valence-corrected chi connectivity index (χ4v) is 2.77. The van der Waals surface area contributed by atoms with Crippen LogP contribution in [-0.4, -0.2) is 30.9 Å². The average molecular weight is 342 g/mol. The van der Waals surface area contributed by atoms with Gasteiger partial charge >= 0.3 is 5.97 Å². The zero-order valence-corrected chi connectivity index (χ0v) is 15.0. The van der Waals surface area contributed by atoms with Crippen molar-refractivity contribution in [1.29, 1.82) is 0 Å². The Bertz CT molecular complexity index is 615. The summed E-state index contributed by atoms with van der Waals surface area (Å²) in [5.41, 5.74) is 0.101. The minimum atomic E-state index is -1.48. The van der Waals surface area contributed by atoms with Crippen LogP contribution in [0, 0.1) is 5.92 Å². The molecule has 134 valence electrons. The van der Waals surface area contributed by atoms with Crippen LogP contribution in [-0.2, 0) is 19.9 Å². The lowest BCUT2D eigenvalue weighted by Crippen LogP contribution is -2.49. The van der Waals surface area contributed by atoms with E-state index in [1.807, 2.05) is 60.7 Å². The largest absolute Gasteiger partial charge is 0.467 e. The van der Waals surface area contributed by atoms with Crippen LogP contribution in [0.5, 0.6) is 0 Å². The molecule has 4 nitrogen and oxygen atoms in total. The van der Waals surface area contributed by atoms with Gasteiger partial charge in [0.05, 0.1) is 13.7 Å². The molecule has 0 fully saturated rings. The van der Waals surface area contributed by atoms with Crippen LogP contribution >= 0.6 is 0 Å². The van der Waals surface area contributed by atoms with Gasteiger partial charge in [0.15, 0.2) is 11.7 Å². The zero-order valence-electron chi connectivity index (χ0n) is 15.0. The van der Waals surface area contributed by atoms with E-state index in [1.54, 1.807) is 0 Å². The lowest BCUT2D eigenvalue weighted by Gasteiger charge is -2.38. The lowest BCUT2D eigenvalue weighted by atomic mass is 9.81. The van der Waals surface area contributed by atoms with Gasteiger partial charge < -0.3 is 14.6 Å². The number of carbonyl (C=O) groups is 1. The highest BCUT2D eigenvalue weighted by Gasteiger charge is 2.47. The highest BCUT2D eigenvalue weighted by Crippen LogP contribution is 2.38. The predicted octanol–water partition coefficient (Wildman–Crippen LogP) is 3.53. The van der Waals surface area contributed by atoms with Gasteiger partial charge in [-0.1, -0.05) is 80.9 Å². The highest BCUT2D eigenvalue weighted by molar-refractivity contribution is 5.77. The summed E-state index contributed by atoms with van der Waals surface area (Å²) < 4.78 is 11.1. The smallest absolute Gasteiger partial charge is 0.338 e. The Morgan fingerprint density at radius 1 is 1.04 bits per heavy atom. The molecule has 25 heavy (non-hydrogen) atoms. The van der Waals surface area contributed by atoms with E-state index in [0.717, 1.165) is 6.42 Å². The van der Waals surface area contributed by atoms with Crippen molar-refractivity contribution in [3.8, 4) is 0 Å². The quantitative estimate of drug-likeness (QED) is 0.746. The van der Waals surface area contributed by atoms with E-state index in [2.05, 4.69) is 13.8 Å². The number of aliphatic hydroxyl groups is 1. The van der Waals surface area contributed by atoms with Gasteiger partial charge in [-0.2, -0.15) is 0 Å². The molecular weight excluding hydrogens is 316 g/mol. The van der Waals surface area contributed by atoms with Gasteiger partial charge in [-0.05, 0) is 17.0 Å². The van der Waals surface area contributed by atoms with Gasteiger partial charge in [0.1, 0.15) is 0 Å². The van der Waals surface area contributed by atoms with E-state index in [1.165, 1.54) is 7.11 Å². The van der Waals surface area contributed by atoms with Crippen LogP contribution in [0.1, 0.15) is 31.4 Å². The maximum atomic E-state index is 12.3. The van der Waals surface area contributed by atoms with E-state index < -0.39 is 17.7 Å². The number of rotatable bonds is 8. The first-order valence-corrected chi connectivity index (χ1v) is 8.57. The van der Waals surface area contributed by atoms with Crippen LogP contribution in [0.2, 0.25) is 0 Å². The molecule has 0 saturated carbocycles. The number of carbonyl (C=O) groups excluding carboxylic acids is 1. The summed E-state index contributed by atoms with van der Waals surface area (Å²) in [7, 11) is 1.26. The summed E-state index contributed by atoms with van der Waals surface area (Å²) in [4.78, 5) is 12.3. The van der Waals surface area contributed by atoms with Crippen LogP contribution in [0.3, 0.4) is 0 Å². The van der Waals surface area contributed by atoms with Crippen molar-refractivity contribution in [1.82, 2.24) is 0 Å². The van der Waals surface area contributed by atoms with E-state index in [-0.39, 0.29) is 5.92 Å². The number of hydrogen-bond donors (Lipinski definition) is 1. The summed E-state index contributed by atoms with van der Waals surface area (Å²) in [6.07, 6.45) is -0.542. The molecule has 0 heterocycles. The molecule has 2 atom stereocenters. The summed E-state index contributed by atoms with van der Waals surface area (Å²) >= 11 is 0. The van der Waals surface area contributed by atoms with Gasteiger partial charge in [0, 0.05) is 0 Å². The first-order chi connectivity index (χ1) is 12.1. The van der Waals surface area contributed by atoms with Crippen LogP contribution in [0.4, 0.5) is 0 Å². The Balaban J connectivity index is 2.62. The molecule has 1 N–H and O–H groups in total. The Kier molecular flexibility index (Phi) is 6.73.